The Bertz CT molecular complexity index is 1220. The van der Waals surface area contributed by atoms with Crippen molar-refractivity contribution < 1.29 is 42.1 Å². The highest BCUT2D eigenvalue weighted by Crippen LogP contribution is 2.29. The lowest BCUT2D eigenvalue weighted by molar-refractivity contribution is -0.147. The number of esters is 2. The third-order valence-corrected chi connectivity index (χ3v) is 4.68. The minimum absolute atomic E-state index is 0.0556. The molecule has 0 aliphatic heterocycles. The fraction of sp³-hybridized carbons (Fsp3) is 0.286. The lowest BCUT2D eigenvalue weighted by atomic mass is 10.1. The van der Waals surface area contributed by atoms with Gasteiger partial charge in [-0.05, 0) is 30.7 Å². The number of amides is 1. The Morgan fingerprint density at radius 2 is 1.59 bits per heavy atom. The van der Waals surface area contributed by atoms with Gasteiger partial charge in [0.1, 0.15) is 23.5 Å². The van der Waals surface area contributed by atoms with E-state index in [2.05, 4.69) is 4.98 Å². The summed E-state index contributed by atoms with van der Waals surface area (Å²) in [7, 11) is 2.87. The van der Waals surface area contributed by atoms with Crippen LogP contribution in [0.3, 0.4) is 0 Å². The number of carbonyl (C=O) groups is 3. The maximum atomic E-state index is 13.0. The Morgan fingerprint density at radius 3 is 2.08 bits per heavy atom. The van der Waals surface area contributed by atoms with Gasteiger partial charge in [-0.15, -0.1) is 0 Å². The summed E-state index contributed by atoms with van der Waals surface area (Å²) in [4.78, 5) is 36.6. The summed E-state index contributed by atoms with van der Waals surface area (Å²) >= 11 is 0. The molecule has 1 atom stereocenters. The van der Waals surface area contributed by atoms with Gasteiger partial charge in [0, 0.05) is 38.1 Å². The summed E-state index contributed by atoms with van der Waals surface area (Å²) in [6.45, 7) is 4.75. The molecule has 3 rings (SSSR count). The van der Waals surface area contributed by atoms with Gasteiger partial charge in [-0.2, -0.15) is 0 Å². The Morgan fingerprint density at radius 1 is 0.949 bits per heavy atom. The number of nitrogens with two attached hydrogens (primary N) is 1. The molecule has 2 N–H and O–H groups in total. The second-order valence-corrected chi connectivity index (χ2v) is 7.76. The normalized spacial score (nSPS) is 10.4. The van der Waals surface area contributed by atoms with E-state index in [1.807, 2.05) is 0 Å². The van der Waals surface area contributed by atoms with Gasteiger partial charge in [0.05, 0.1) is 14.2 Å². The number of pyridine rings is 1. The van der Waals surface area contributed by atoms with Crippen molar-refractivity contribution in [2.45, 2.75) is 39.7 Å². The van der Waals surface area contributed by atoms with Crippen molar-refractivity contribution in [3.8, 4) is 17.2 Å². The first kappa shape index (κ1) is 32.5. The topological polar surface area (TPSA) is 127 Å². The van der Waals surface area contributed by atoms with Crippen LogP contribution in [-0.2, 0) is 20.7 Å². The maximum Gasteiger partial charge on any atom is 0.308 e. The molecule has 1 heterocycles. The van der Waals surface area contributed by atoms with E-state index in [-0.39, 0.29) is 40.9 Å². The van der Waals surface area contributed by atoms with Crippen molar-refractivity contribution in [2.24, 2.45) is 5.73 Å². The Balaban J connectivity index is 0.000000315. The van der Waals surface area contributed by atoms with Crippen LogP contribution in [0.4, 0.5) is 8.78 Å². The average Bonchev–Trinajstić information content (AvgIpc) is 2.90. The fourth-order valence-electron chi connectivity index (χ4n) is 2.97. The molecule has 210 valence electrons. The van der Waals surface area contributed by atoms with E-state index in [4.69, 9.17) is 24.7 Å². The lowest BCUT2D eigenvalue weighted by Gasteiger charge is -2.14. The smallest absolute Gasteiger partial charge is 0.308 e. The second-order valence-electron chi connectivity index (χ2n) is 7.76. The number of methoxy groups -OCH3 is 2. The van der Waals surface area contributed by atoms with E-state index in [1.54, 1.807) is 38.1 Å². The number of nitrogens with zero attached hydrogens (tertiary/aromatic N) is 1. The number of halogens is 2. The molecule has 0 fully saturated rings. The fourth-order valence-corrected chi connectivity index (χ4v) is 2.97. The van der Waals surface area contributed by atoms with Crippen LogP contribution in [0, 0.1) is 11.6 Å². The number of hydrogen-bond donors (Lipinski definition) is 1. The summed E-state index contributed by atoms with van der Waals surface area (Å²) in [5, 5.41) is 0. The van der Waals surface area contributed by atoms with Crippen LogP contribution in [0.15, 0.2) is 60.8 Å². The van der Waals surface area contributed by atoms with Crippen molar-refractivity contribution in [3.05, 3.63) is 83.7 Å². The number of ether oxygens (including phenoxy) is 4. The zero-order valence-corrected chi connectivity index (χ0v) is 22.4. The molecule has 3 aromatic rings. The molecule has 0 radical (unpaired) electrons. The molecule has 0 bridgehead atoms. The molecule has 11 heteroatoms. The van der Waals surface area contributed by atoms with E-state index >= 15 is 0 Å². The lowest BCUT2D eigenvalue weighted by Crippen LogP contribution is -2.16. The number of aromatic nitrogens is 1. The highest BCUT2D eigenvalue weighted by Gasteiger charge is 2.18. The van der Waals surface area contributed by atoms with Crippen LogP contribution in [0.2, 0.25) is 0 Å². The zero-order valence-electron chi connectivity index (χ0n) is 22.4. The molecule has 9 nitrogen and oxygen atoms in total. The first-order valence-electron chi connectivity index (χ1n) is 11.8. The number of benzene rings is 2. The van der Waals surface area contributed by atoms with E-state index < -0.39 is 11.9 Å². The Kier molecular flexibility index (Phi) is 14.2. The molecule has 1 aromatic heterocycles. The monoisotopic (exact) mass is 546 g/mol. The summed E-state index contributed by atoms with van der Waals surface area (Å²) in [5.41, 5.74) is 5.76. The molecule has 0 spiro atoms. The first-order valence-corrected chi connectivity index (χ1v) is 11.8. The second kappa shape index (κ2) is 17.1. The molecular weight excluding hydrogens is 514 g/mol. The summed E-state index contributed by atoms with van der Waals surface area (Å²) < 4.78 is 44.8. The van der Waals surface area contributed by atoms with Crippen LogP contribution < -0.4 is 19.9 Å². The highest BCUT2D eigenvalue weighted by molar-refractivity contribution is 5.95. The first-order chi connectivity index (χ1) is 18.5. The van der Waals surface area contributed by atoms with Gasteiger partial charge in [0.25, 0.3) is 5.91 Å². The Labute approximate surface area is 225 Å². The highest BCUT2D eigenvalue weighted by atomic mass is 19.1. The standard InChI is InChI=1S/C13H17FO3.C9H10N2O4.C6H5F/c1-4-13(15)17-9(2)7-10-5-6-11(14)8-12(10)16-3;1-5(12)15-8-6(14-2)3-4-11-7(8)9(10)13;7-6-4-2-1-3-5-6/h5-6,8-9H,4,7H2,1-3H3;3-4H,1-2H3,(H2,10,13);1-5H. The maximum absolute atomic E-state index is 13.0. The Hall–Kier alpha value is -4.54. The zero-order chi connectivity index (χ0) is 29.4. The van der Waals surface area contributed by atoms with Crippen LogP contribution >= 0.6 is 0 Å². The third-order valence-electron chi connectivity index (χ3n) is 4.68. The number of rotatable bonds is 8. The van der Waals surface area contributed by atoms with Crippen LogP contribution in [0.25, 0.3) is 0 Å². The average molecular weight is 547 g/mol. The van der Waals surface area contributed by atoms with Crippen LogP contribution in [0.1, 0.15) is 43.2 Å². The molecule has 1 amide bonds. The summed E-state index contributed by atoms with van der Waals surface area (Å²) in [5.74, 6) is -1.47. The number of hydrogen-bond acceptors (Lipinski definition) is 8. The SMILES string of the molecule is CCC(=O)OC(C)Cc1ccc(F)cc1OC.COc1ccnc(C(N)=O)c1OC(C)=O.Fc1ccccc1. The predicted molar refractivity (Wildman–Crippen MR) is 140 cm³/mol. The molecule has 0 aliphatic carbocycles. The van der Waals surface area contributed by atoms with Crippen molar-refractivity contribution >= 4 is 17.8 Å². The number of primary amides is 1. The van der Waals surface area contributed by atoms with E-state index in [1.165, 1.54) is 57.7 Å². The van der Waals surface area contributed by atoms with Crippen molar-refractivity contribution in [3.63, 3.8) is 0 Å². The molecule has 0 saturated heterocycles. The summed E-state index contributed by atoms with van der Waals surface area (Å²) in [6.07, 6.45) is 1.95. The molecular formula is C28H32F2N2O7. The van der Waals surface area contributed by atoms with E-state index in [0.717, 1.165) is 5.56 Å². The van der Waals surface area contributed by atoms with Gasteiger partial charge in [-0.3, -0.25) is 14.4 Å². The minimum atomic E-state index is -0.787. The van der Waals surface area contributed by atoms with Gasteiger partial charge in [-0.25, -0.2) is 13.8 Å². The minimum Gasteiger partial charge on any atom is -0.496 e. The number of carbonyl (C=O) groups excluding carboxylic acids is 3. The largest absolute Gasteiger partial charge is 0.496 e. The van der Waals surface area contributed by atoms with Gasteiger partial charge >= 0.3 is 11.9 Å². The quantitative estimate of drug-likeness (QED) is 0.404. The molecule has 1 unspecified atom stereocenters. The summed E-state index contributed by atoms with van der Waals surface area (Å²) in [6, 6.07) is 13.7. The molecule has 0 aliphatic rings. The van der Waals surface area contributed by atoms with Gasteiger partial charge in [0.15, 0.2) is 11.4 Å². The van der Waals surface area contributed by atoms with E-state index in [0.29, 0.717) is 18.6 Å². The van der Waals surface area contributed by atoms with Crippen molar-refractivity contribution in [2.75, 3.05) is 14.2 Å². The molecule has 0 saturated carbocycles. The van der Waals surface area contributed by atoms with Gasteiger partial charge in [-0.1, -0.05) is 31.2 Å². The molecule has 39 heavy (non-hydrogen) atoms. The van der Waals surface area contributed by atoms with Gasteiger partial charge in [0.2, 0.25) is 5.75 Å². The molecule has 2 aromatic carbocycles. The van der Waals surface area contributed by atoms with Crippen LogP contribution in [0.5, 0.6) is 17.2 Å². The van der Waals surface area contributed by atoms with Crippen molar-refractivity contribution in [1.29, 1.82) is 0 Å². The third kappa shape index (κ3) is 12.0. The van der Waals surface area contributed by atoms with E-state index in [9.17, 15) is 23.2 Å². The van der Waals surface area contributed by atoms with Crippen LogP contribution in [-0.4, -0.2) is 43.2 Å². The van der Waals surface area contributed by atoms with Crippen molar-refractivity contribution in [1.82, 2.24) is 4.98 Å². The predicted octanol–water partition coefficient (Wildman–Crippen LogP) is 4.66. The van der Waals surface area contributed by atoms with Gasteiger partial charge < -0.3 is 24.7 Å².